The molecule has 0 unspecified atom stereocenters. The van der Waals surface area contributed by atoms with Crippen LogP contribution in [0.1, 0.15) is 28.4 Å². The lowest BCUT2D eigenvalue weighted by molar-refractivity contribution is 0.0471. The van der Waals surface area contributed by atoms with Gasteiger partial charge in [0.1, 0.15) is 18.8 Å². The van der Waals surface area contributed by atoms with Gasteiger partial charge in [-0.15, -0.1) is 0 Å². The van der Waals surface area contributed by atoms with Crippen LogP contribution in [0.2, 0.25) is 0 Å². The molecule has 0 atom stereocenters. The summed E-state index contributed by atoms with van der Waals surface area (Å²) >= 11 is 0. The van der Waals surface area contributed by atoms with Crippen LogP contribution in [0, 0.1) is 0 Å². The SMILES string of the molecule is CCc1cnccc1C(=O)OCc1ccnc(-n2ccnc2)c1. The Balaban J connectivity index is 1.71. The molecule has 0 saturated heterocycles. The average molecular weight is 308 g/mol. The van der Waals surface area contributed by atoms with Crippen molar-refractivity contribution in [1.82, 2.24) is 19.5 Å². The summed E-state index contributed by atoms with van der Waals surface area (Å²) in [5.74, 6) is 0.388. The second-order valence-electron chi connectivity index (χ2n) is 4.95. The predicted molar refractivity (Wildman–Crippen MR) is 84.1 cm³/mol. The zero-order valence-corrected chi connectivity index (χ0v) is 12.7. The molecule has 3 aromatic rings. The molecule has 0 amide bonds. The molecule has 0 fully saturated rings. The summed E-state index contributed by atoms with van der Waals surface area (Å²) in [5.41, 5.74) is 2.31. The molecule has 23 heavy (non-hydrogen) atoms. The molecule has 6 nitrogen and oxygen atoms in total. The van der Waals surface area contributed by atoms with Gasteiger partial charge in [0, 0.05) is 31.0 Å². The van der Waals surface area contributed by atoms with Crippen LogP contribution in [0.15, 0.2) is 55.5 Å². The van der Waals surface area contributed by atoms with Gasteiger partial charge in [-0.2, -0.15) is 0 Å². The topological polar surface area (TPSA) is 69.9 Å². The second-order valence-corrected chi connectivity index (χ2v) is 4.95. The van der Waals surface area contributed by atoms with Gasteiger partial charge in [-0.25, -0.2) is 14.8 Å². The second kappa shape index (κ2) is 6.83. The first-order valence-electron chi connectivity index (χ1n) is 7.31. The van der Waals surface area contributed by atoms with Gasteiger partial charge in [-0.3, -0.25) is 9.55 Å². The largest absolute Gasteiger partial charge is 0.457 e. The molecule has 0 aliphatic carbocycles. The summed E-state index contributed by atoms with van der Waals surface area (Å²) in [7, 11) is 0. The summed E-state index contributed by atoms with van der Waals surface area (Å²) in [5, 5.41) is 0. The zero-order valence-electron chi connectivity index (χ0n) is 12.7. The van der Waals surface area contributed by atoms with E-state index in [9.17, 15) is 4.79 Å². The van der Waals surface area contributed by atoms with Crippen molar-refractivity contribution in [3.63, 3.8) is 0 Å². The number of aryl methyl sites for hydroxylation is 1. The Kier molecular flexibility index (Phi) is 4.42. The Hall–Kier alpha value is -3.02. The Labute approximate surface area is 133 Å². The first kappa shape index (κ1) is 14.9. The Morgan fingerprint density at radius 1 is 1.22 bits per heavy atom. The van der Waals surface area contributed by atoms with Crippen LogP contribution >= 0.6 is 0 Å². The highest BCUT2D eigenvalue weighted by molar-refractivity contribution is 5.90. The van der Waals surface area contributed by atoms with E-state index in [4.69, 9.17) is 4.74 Å². The first-order valence-corrected chi connectivity index (χ1v) is 7.31. The fourth-order valence-electron chi connectivity index (χ4n) is 2.22. The quantitative estimate of drug-likeness (QED) is 0.678. The number of nitrogens with zero attached hydrogens (tertiary/aromatic N) is 4. The van der Waals surface area contributed by atoms with Crippen LogP contribution in [-0.2, 0) is 17.8 Å². The van der Waals surface area contributed by atoms with E-state index < -0.39 is 0 Å². The highest BCUT2D eigenvalue weighted by atomic mass is 16.5. The lowest BCUT2D eigenvalue weighted by Crippen LogP contribution is -2.09. The molecule has 0 aromatic carbocycles. The molecule has 0 aliphatic heterocycles. The van der Waals surface area contributed by atoms with E-state index in [1.165, 1.54) is 0 Å². The number of hydrogen-bond donors (Lipinski definition) is 0. The van der Waals surface area contributed by atoms with Gasteiger partial charge < -0.3 is 4.74 Å². The van der Waals surface area contributed by atoms with Crippen molar-refractivity contribution in [2.24, 2.45) is 0 Å². The van der Waals surface area contributed by atoms with Crippen LogP contribution in [-0.4, -0.2) is 25.5 Å². The number of rotatable bonds is 5. The van der Waals surface area contributed by atoms with Crippen molar-refractivity contribution >= 4 is 5.97 Å². The fraction of sp³-hybridized carbons (Fsp3) is 0.176. The van der Waals surface area contributed by atoms with Gasteiger partial charge in [0.2, 0.25) is 0 Å². The van der Waals surface area contributed by atoms with E-state index in [0.717, 1.165) is 23.4 Å². The van der Waals surface area contributed by atoms with E-state index >= 15 is 0 Å². The molecule has 116 valence electrons. The third-order valence-electron chi connectivity index (χ3n) is 3.45. The molecule has 0 radical (unpaired) electrons. The molecule has 3 rings (SSSR count). The van der Waals surface area contributed by atoms with Gasteiger partial charge in [-0.05, 0) is 35.7 Å². The van der Waals surface area contributed by atoms with E-state index in [0.29, 0.717) is 5.56 Å². The summed E-state index contributed by atoms with van der Waals surface area (Å²) in [6.07, 6.45) is 10.9. The molecular formula is C17H16N4O2. The minimum Gasteiger partial charge on any atom is -0.457 e. The fourth-order valence-corrected chi connectivity index (χ4v) is 2.22. The molecule has 0 aliphatic rings. The van der Waals surface area contributed by atoms with Crippen molar-refractivity contribution in [3.8, 4) is 5.82 Å². The van der Waals surface area contributed by atoms with E-state index in [1.54, 1.807) is 41.7 Å². The zero-order chi connectivity index (χ0) is 16.1. The molecule has 3 aromatic heterocycles. The normalized spacial score (nSPS) is 10.5. The molecule has 6 heteroatoms. The van der Waals surface area contributed by atoms with Crippen molar-refractivity contribution in [2.45, 2.75) is 20.0 Å². The smallest absolute Gasteiger partial charge is 0.338 e. The maximum Gasteiger partial charge on any atom is 0.338 e. The summed E-state index contributed by atoms with van der Waals surface area (Å²) < 4.78 is 7.20. The first-order chi connectivity index (χ1) is 11.3. The van der Waals surface area contributed by atoms with Crippen LogP contribution in [0.5, 0.6) is 0 Å². The number of esters is 1. The Morgan fingerprint density at radius 3 is 2.91 bits per heavy atom. The summed E-state index contributed by atoms with van der Waals surface area (Å²) in [4.78, 5) is 24.5. The van der Waals surface area contributed by atoms with E-state index in [1.807, 2.05) is 25.3 Å². The number of carbonyl (C=O) groups excluding carboxylic acids is 1. The Bertz CT molecular complexity index is 800. The van der Waals surface area contributed by atoms with Gasteiger partial charge in [0.05, 0.1) is 5.56 Å². The number of carbonyl (C=O) groups is 1. The highest BCUT2D eigenvalue weighted by Gasteiger charge is 2.12. The Morgan fingerprint density at radius 2 is 2.13 bits per heavy atom. The third-order valence-corrected chi connectivity index (χ3v) is 3.45. The minimum atomic E-state index is -0.342. The average Bonchev–Trinajstić information content (AvgIpc) is 3.14. The summed E-state index contributed by atoms with van der Waals surface area (Å²) in [6.45, 7) is 2.17. The number of ether oxygens (including phenoxy) is 1. The molecule has 3 heterocycles. The number of aromatic nitrogens is 4. The summed E-state index contributed by atoms with van der Waals surface area (Å²) in [6, 6.07) is 5.37. The molecule has 0 saturated carbocycles. The van der Waals surface area contributed by atoms with Crippen molar-refractivity contribution in [3.05, 3.63) is 72.2 Å². The van der Waals surface area contributed by atoms with Crippen molar-refractivity contribution in [1.29, 1.82) is 0 Å². The lowest BCUT2D eigenvalue weighted by Gasteiger charge is -2.09. The predicted octanol–water partition coefficient (Wildman–Crippen LogP) is 2.58. The monoisotopic (exact) mass is 308 g/mol. The van der Waals surface area contributed by atoms with Gasteiger partial charge in [-0.1, -0.05) is 6.92 Å². The van der Waals surface area contributed by atoms with Crippen LogP contribution in [0.3, 0.4) is 0 Å². The number of pyridine rings is 2. The van der Waals surface area contributed by atoms with E-state index in [-0.39, 0.29) is 12.6 Å². The van der Waals surface area contributed by atoms with Gasteiger partial charge in [0.15, 0.2) is 0 Å². The molecule has 0 bridgehead atoms. The maximum absolute atomic E-state index is 12.2. The number of hydrogen-bond acceptors (Lipinski definition) is 5. The molecule has 0 N–H and O–H groups in total. The third kappa shape index (κ3) is 3.42. The minimum absolute atomic E-state index is 0.189. The number of imidazole rings is 1. The van der Waals surface area contributed by atoms with Crippen molar-refractivity contribution < 1.29 is 9.53 Å². The van der Waals surface area contributed by atoms with Crippen molar-refractivity contribution in [2.75, 3.05) is 0 Å². The maximum atomic E-state index is 12.2. The van der Waals surface area contributed by atoms with Gasteiger partial charge >= 0.3 is 5.97 Å². The van der Waals surface area contributed by atoms with Crippen LogP contribution in [0.4, 0.5) is 0 Å². The highest BCUT2D eigenvalue weighted by Crippen LogP contribution is 2.12. The molecular weight excluding hydrogens is 292 g/mol. The van der Waals surface area contributed by atoms with Gasteiger partial charge in [0.25, 0.3) is 0 Å². The lowest BCUT2D eigenvalue weighted by atomic mass is 10.1. The molecule has 0 spiro atoms. The van der Waals surface area contributed by atoms with Crippen LogP contribution < -0.4 is 0 Å². The standard InChI is InChI=1S/C17H16N4O2/c1-2-14-10-18-5-4-15(14)17(22)23-11-13-3-6-20-16(9-13)21-8-7-19-12-21/h3-10,12H,2,11H2,1H3. The van der Waals surface area contributed by atoms with Crippen LogP contribution in [0.25, 0.3) is 5.82 Å². The van der Waals surface area contributed by atoms with E-state index in [2.05, 4.69) is 15.0 Å².